The van der Waals surface area contributed by atoms with Gasteiger partial charge in [-0.15, -0.1) is 0 Å². The van der Waals surface area contributed by atoms with Gasteiger partial charge in [-0.3, -0.25) is 19.2 Å². The largest absolute Gasteiger partial charge is 0.465 e. The van der Waals surface area contributed by atoms with Gasteiger partial charge < -0.3 is 10.1 Å². The van der Waals surface area contributed by atoms with Gasteiger partial charge in [0, 0.05) is 12.1 Å². The van der Waals surface area contributed by atoms with Crippen LogP contribution in [0.2, 0.25) is 0 Å². The monoisotopic (exact) mass is 449 g/mol. The number of methoxy groups -OCH3 is 1. The van der Waals surface area contributed by atoms with E-state index in [2.05, 4.69) is 5.32 Å². The maximum Gasteiger partial charge on any atom is 0.339 e. The van der Waals surface area contributed by atoms with Gasteiger partial charge >= 0.3 is 5.97 Å². The molecule has 10 nitrogen and oxygen atoms in total. The molecule has 1 N–H and O–H groups in total. The zero-order valence-electron chi connectivity index (χ0n) is 17.5. The van der Waals surface area contributed by atoms with Gasteiger partial charge in [0.2, 0.25) is 15.9 Å². The maximum atomic E-state index is 13.1. The summed E-state index contributed by atoms with van der Waals surface area (Å²) in [6.07, 6.45) is 0.991. The van der Waals surface area contributed by atoms with Gasteiger partial charge in [-0.05, 0) is 31.0 Å². The van der Waals surface area contributed by atoms with Crippen LogP contribution in [0.5, 0.6) is 0 Å². The number of nitrogens with one attached hydrogen (secondary N) is 1. The van der Waals surface area contributed by atoms with E-state index in [4.69, 9.17) is 4.74 Å². The predicted octanol–water partition coefficient (Wildman–Crippen LogP) is 2.87. The summed E-state index contributed by atoms with van der Waals surface area (Å²) >= 11 is 0. The summed E-state index contributed by atoms with van der Waals surface area (Å²) in [5.41, 5.74) is 0.422. The SMILES string of the molecule is CC[C@@H](C(=O)Nc1ccccc1C(=O)OC)N(c1cc([N+](=O)[O-])ccc1C)S(C)(=O)=O. The Hall–Kier alpha value is -3.47. The van der Waals surface area contributed by atoms with Crippen molar-refractivity contribution in [1.29, 1.82) is 0 Å². The van der Waals surface area contributed by atoms with Crippen LogP contribution in [-0.2, 0) is 19.6 Å². The van der Waals surface area contributed by atoms with E-state index in [1.807, 2.05) is 0 Å². The second-order valence-electron chi connectivity index (χ2n) is 6.74. The molecule has 0 saturated heterocycles. The molecule has 2 aromatic carbocycles. The smallest absolute Gasteiger partial charge is 0.339 e. The number of carbonyl (C=O) groups excluding carboxylic acids is 2. The van der Waals surface area contributed by atoms with Crippen LogP contribution >= 0.6 is 0 Å². The average molecular weight is 449 g/mol. The third-order valence-electron chi connectivity index (χ3n) is 4.56. The van der Waals surface area contributed by atoms with Crippen molar-refractivity contribution >= 4 is 39.0 Å². The first kappa shape index (κ1) is 23.8. The van der Waals surface area contributed by atoms with Gasteiger partial charge in [-0.2, -0.15) is 0 Å². The van der Waals surface area contributed by atoms with Gasteiger partial charge in [-0.1, -0.05) is 25.1 Å². The summed E-state index contributed by atoms with van der Waals surface area (Å²) in [7, 11) is -2.80. The highest BCUT2D eigenvalue weighted by Gasteiger charge is 2.33. The number of non-ortho nitro benzene ring substituents is 1. The molecular formula is C20H23N3O7S. The Balaban J connectivity index is 2.53. The van der Waals surface area contributed by atoms with E-state index < -0.39 is 32.9 Å². The minimum atomic E-state index is -4.00. The van der Waals surface area contributed by atoms with Crippen LogP contribution in [0.1, 0.15) is 29.3 Å². The number of rotatable bonds is 8. The Morgan fingerprint density at radius 3 is 2.42 bits per heavy atom. The first-order valence-corrected chi connectivity index (χ1v) is 11.1. The van der Waals surface area contributed by atoms with Crippen LogP contribution in [-0.4, -0.2) is 44.6 Å². The molecule has 11 heteroatoms. The number of aryl methyl sites for hydroxylation is 1. The fourth-order valence-corrected chi connectivity index (χ4v) is 4.34. The Bertz CT molecular complexity index is 1120. The third kappa shape index (κ3) is 5.37. The van der Waals surface area contributed by atoms with E-state index in [1.165, 1.54) is 31.4 Å². The summed E-state index contributed by atoms with van der Waals surface area (Å²) < 4.78 is 30.9. The lowest BCUT2D eigenvalue weighted by Gasteiger charge is -2.31. The Morgan fingerprint density at radius 2 is 1.87 bits per heavy atom. The second-order valence-corrected chi connectivity index (χ2v) is 8.60. The van der Waals surface area contributed by atoms with Crippen LogP contribution in [0.4, 0.5) is 17.1 Å². The predicted molar refractivity (Wildman–Crippen MR) is 116 cm³/mol. The number of benzene rings is 2. The van der Waals surface area contributed by atoms with Crippen molar-refractivity contribution in [3.63, 3.8) is 0 Å². The zero-order chi connectivity index (χ0) is 23.3. The minimum absolute atomic E-state index is 0.0277. The van der Waals surface area contributed by atoms with Crippen LogP contribution in [0.25, 0.3) is 0 Å². The van der Waals surface area contributed by atoms with Crippen LogP contribution in [0, 0.1) is 17.0 Å². The molecule has 0 spiro atoms. The molecule has 166 valence electrons. The molecule has 0 aromatic heterocycles. The summed E-state index contributed by atoms with van der Waals surface area (Å²) in [5, 5.41) is 13.8. The molecule has 0 aliphatic carbocycles. The molecule has 1 atom stereocenters. The first-order valence-electron chi connectivity index (χ1n) is 9.23. The molecule has 0 unspecified atom stereocenters. The number of esters is 1. The molecule has 31 heavy (non-hydrogen) atoms. The molecule has 0 bridgehead atoms. The second kappa shape index (κ2) is 9.56. The molecule has 0 fully saturated rings. The van der Waals surface area contributed by atoms with Crippen LogP contribution in [0.3, 0.4) is 0 Å². The molecule has 0 aliphatic heterocycles. The highest BCUT2D eigenvalue weighted by atomic mass is 32.2. The van der Waals surface area contributed by atoms with Gasteiger partial charge in [0.05, 0.1) is 35.2 Å². The summed E-state index contributed by atoms with van der Waals surface area (Å²) in [5.74, 6) is -1.37. The number of anilines is 2. The van der Waals surface area contributed by atoms with Gasteiger partial charge in [0.15, 0.2) is 0 Å². The molecule has 0 aliphatic rings. The number of nitrogens with zero attached hydrogens (tertiary/aromatic N) is 2. The average Bonchev–Trinajstić information content (AvgIpc) is 2.71. The molecule has 0 heterocycles. The van der Waals surface area contributed by atoms with Crippen molar-refractivity contribution < 1.29 is 27.7 Å². The van der Waals surface area contributed by atoms with Gasteiger partial charge in [0.1, 0.15) is 6.04 Å². The number of amides is 1. The quantitative estimate of drug-likeness (QED) is 0.372. The minimum Gasteiger partial charge on any atom is -0.465 e. The van der Waals surface area contributed by atoms with E-state index in [9.17, 15) is 28.1 Å². The number of para-hydroxylation sites is 1. The van der Waals surface area contributed by atoms with Crippen molar-refractivity contribution in [2.45, 2.75) is 26.3 Å². The molecule has 1 amide bonds. The number of carbonyl (C=O) groups is 2. The Labute approximate surface area is 180 Å². The van der Waals surface area contributed by atoms with E-state index in [0.717, 1.165) is 16.6 Å². The summed E-state index contributed by atoms with van der Waals surface area (Å²) in [6, 6.07) is 8.71. The first-order chi connectivity index (χ1) is 14.5. The molecule has 2 rings (SSSR count). The topological polar surface area (TPSA) is 136 Å². The van der Waals surface area contributed by atoms with Crippen molar-refractivity contribution in [3.05, 3.63) is 63.7 Å². The standard InChI is InChI=1S/C20H23N3O7S/c1-5-17(19(24)21-16-9-7-6-8-15(16)20(25)30-3)22(31(4,28)29)18-12-14(23(26)27)11-10-13(18)2/h6-12,17H,5H2,1-4H3,(H,21,24)/t17-/m0/s1. The van der Waals surface area contributed by atoms with Gasteiger partial charge in [-0.25, -0.2) is 13.2 Å². The normalized spacial score (nSPS) is 12.0. The van der Waals surface area contributed by atoms with Crippen LogP contribution in [0.15, 0.2) is 42.5 Å². The Morgan fingerprint density at radius 1 is 1.23 bits per heavy atom. The maximum absolute atomic E-state index is 13.1. The molecule has 0 radical (unpaired) electrons. The van der Waals surface area contributed by atoms with Crippen molar-refractivity contribution in [3.8, 4) is 0 Å². The number of hydrogen-bond donors (Lipinski definition) is 1. The summed E-state index contributed by atoms with van der Waals surface area (Å²) in [4.78, 5) is 35.6. The van der Waals surface area contributed by atoms with Crippen LogP contribution < -0.4 is 9.62 Å². The zero-order valence-corrected chi connectivity index (χ0v) is 18.3. The number of nitro benzene ring substituents is 1. The molecular weight excluding hydrogens is 426 g/mol. The lowest BCUT2D eigenvalue weighted by atomic mass is 10.1. The van der Waals surface area contributed by atoms with Crippen molar-refractivity contribution in [2.24, 2.45) is 0 Å². The lowest BCUT2D eigenvalue weighted by molar-refractivity contribution is -0.384. The lowest BCUT2D eigenvalue weighted by Crippen LogP contribution is -2.47. The van der Waals surface area contributed by atoms with E-state index in [-0.39, 0.29) is 29.0 Å². The van der Waals surface area contributed by atoms with Crippen molar-refractivity contribution in [2.75, 3.05) is 23.0 Å². The molecule has 0 saturated carbocycles. The number of nitro groups is 1. The fraction of sp³-hybridized carbons (Fsp3) is 0.300. The summed E-state index contributed by atoms with van der Waals surface area (Å²) in [6.45, 7) is 3.20. The van der Waals surface area contributed by atoms with E-state index in [1.54, 1.807) is 26.0 Å². The highest BCUT2D eigenvalue weighted by Crippen LogP contribution is 2.30. The number of ether oxygens (including phenoxy) is 1. The van der Waals surface area contributed by atoms with E-state index >= 15 is 0 Å². The van der Waals surface area contributed by atoms with Crippen molar-refractivity contribution in [1.82, 2.24) is 0 Å². The number of sulfonamides is 1. The highest BCUT2D eigenvalue weighted by molar-refractivity contribution is 7.92. The molecule has 2 aromatic rings. The van der Waals surface area contributed by atoms with E-state index in [0.29, 0.717) is 5.56 Å². The Kier molecular flexibility index (Phi) is 7.34. The van der Waals surface area contributed by atoms with Gasteiger partial charge in [0.25, 0.3) is 5.69 Å². The fourth-order valence-electron chi connectivity index (χ4n) is 3.08. The number of hydrogen-bond acceptors (Lipinski definition) is 7. The third-order valence-corrected chi connectivity index (χ3v) is 5.73.